The van der Waals surface area contributed by atoms with E-state index in [9.17, 15) is 8.78 Å². The van der Waals surface area contributed by atoms with Crippen LogP contribution in [0.2, 0.25) is 0 Å². The molecule has 1 aromatic rings. The first-order chi connectivity index (χ1) is 6.60. The molecular weight excluding hydrogens is 190 g/mol. The van der Waals surface area contributed by atoms with Crippen molar-refractivity contribution in [2.75, 3.05) is 7.11 Å². The quantitative estimate of drug-likeness (QED) is 0.731. The average molecular weight is 198 g/mol. The summed E-state index contributed by atoms with van der Waals surface area (Å²) >= 11 is 0. The number of ether oxygens (including phenoxy) is 1. The highest BCUT2D eigenvalue weighted by Gasteiger charge is 2.17. The Kier molecular flexibility index (Phi) is 2.97. The van der Waals surface area contributed by atoms with Crippen molar-refractivity contribution < 1.29 is 13.5 Å². The molecule has 0 atom stereocenters. The molecule has 0 radical (unpaired) electrons. The number of hydrogen-bond donors (Lipinski definition) is 0. The highest BCUT2D eigenvalue weighted by Crippen LogP contribution is 2.31. The number of nitriles is 1. The fourth-order valence-corrected chi connectivity index (χ4v) is 1.17. The van der Waals surface area contributed by atoms with Crippen LogP contribution in [0.4, 0.5) is 8.78 Å². The van der Waals surface area contributed by atoms with Crippen molar-refractivity contribution in [2.24, 2.45) is 0 Å². The molecule has 1 aromatic heterocycles. The molecule has 5 heteroatoms. The zero-order valence-electron chi connectivity index (χ0n) is 7.71. The van der Waals surface area contributed by atoms with Gasteiger partial charge in [0.2, 0.25) is 0 Å². The maximum Gasteiger partial charge on any atom is 0.267 e. The molecule has 0 aliphatic rings. The predicted octanol–water partition coefficient (Wildman–Crippen LogP) is 2.21. The summed E-state index contributed by atoms with van der Waals surface area (Å²) in [5.41, 5.74) is -0.0306. The third-order valence-electron chi connectivity index (χ3n) is 1.72. The van der Waals surface area contributed by atoms with Crippen LogP contribution in [0.5, 0.6) is 5.75 Å². The average Bonchev–Trinajstić information content (AvgIpc) is 2.16. The molecule has 0 bridgehead atoms. The van der Waals surface area contributed by atoms with E-state index in [1.807, 2.05) is 0 Å². The Morgan fingerprint density at radius 2 is 2.21 bits per heavy atom. The number of hydrogen-bond acceptors (Lipinski definition) is 3. The Hall–Kier alpha value is -1.70. The Labute approximate surface area is 79.9 Å². The number of methoxy groups -OCH3 is 1. The van der Waals surface area contributed by atoms with Crippen LogP contribution in [0.3, 0.4) is 0 Å². The summed E-state index contributed by atoms with van der Waals surface area (Å²) in [7, 11) is 1.29. The maximum atomic E-state index is 12.5. The predicted molar refractivity (Wildman–Crippen MR) is 45.2 cm³/mol. The summed E-state index contributed by atoms with van der Waals surface area (Å²) in [5, 5.41) is 8.53. The lowest BCUT2D eigenvalue weighted by atomic mass is 10.2. The van der Waals surface area contributed by atoms with Gasteiger partial charge in [-0.15, -0.1) is 0 Å². The third kappa shape index (κ3) is 1.79. The van der Waals surface area contributed by atoms with E-state index >= 15 is 0 Å². The van der Waals surface area contributed by atoms with Crippen LogP contribution < -0.4 is 4.74 Å². The van der Waals surface area contributed by atoms with Crippen molar-refractivity contribution in [3.8, 4) is 11.8 Å². The second-order valence-corrected chi connectivity index (χ2v) is 2.63. The number of aromatic nitrogens is 1. The summed E-state index contributed by atoms with van der Waals surface area (Å²) in [6, 6.07) is 2.75. The van der Waals surface area contributed by atoms with Gasteiger partial charge in [0.1, 0.15) is 17.5 Å². The summed E-state index contributed by atoms with van der Waals surface area (Å²) in [5.74, 6) is 0.0407. The molecule has 0 N–H and O–H groups in total. The van der Waals surface area contributed by atoms with Crippen LogP contribution in [0.1, 0.15) is 23.4 Å². The van der Waals surface area contributed by atoms with E-state index in [2.05, 4.69) is 4.98 Å². The van der Waals surface area contributed by atoms with E-state index in [0.29, 0.717) is 5.69 Å². The Morgan fingerprint density at radius 3 is 2.64 bits per heavy atom. The fourth-order valence-electron chi connectivity index (χ4n) is 1.17. The van der Waals surface area contributed by atoms with Crippen molar-refractivity contribution in [1.82, 2.24) is 4.98 Å². The molecule has 1 rings (SSSR count). The van der Waals surface area contributed by atoms with Gasteiger partial charge in [-0.3, -0.25) is 0 Å². The molecule has 0 aliphatic heterocycles. The third-order valence-corrected chi connectivity index (χ3v) is 1.72. The lowest BCUT2D eigenvalue weighted by Gasteiger charge is -2.09. The first-order valence-corrected chi connectivity index (χ1v) is 3.84. The highest BCUT2D eigenvalue weighted by atomic mass is 19.3. The summed E-state index contributed by atoms with van der Waals surface area (Å²) < 4.78 is 29.8. The van der Waals surface area contributed by atoms with Gasteiger partial charge < -0.3 is 4.74 Å². The molecule has 0 saturated heterocycles. The van der Waals surface area contributed by atoms with Crippen molar-refractivity contribution >= 4 is 0 Å². The molecule has 0 spiro atoms. The monoisotopic (exact) mass is 198 g/mol. The minimum Gasteiger partial charge on any atom is -0.494 e. The van der Waals surface area contributed by atoms with Gasteiger partial charge >= 0.3 is 0 Å². The SMILES string of the molecule is COc1c(C(F)F)cc(C#N)nc1C. The van der Waals surface area contributed by atoms with Crippen LogP contribution in [-0.2, 0) is 0 Å². The van der Waals surface area contributed by atoms with Crippen molar-refractivity contribution in [2.45, 2.75) is 13.3 Å². The Morgan fingerprint density at radius 1 is 1.57 bits per heavy atom. The first kappa shape index (κ1) is 10.4. The van der Waals surface area contributed by atoms with Gasteiger partial charge in [0.15, 0.2) is 0 Å². The Balaban J connectivity index is 3.37. The van der Waals surface area contributed by atoms with Gasteiger partial charge in [0.25, 0.3) is 6.43 Å². The van der Waals surface area contributed by atoms with Crippen LogP contribution in [0.15, 0.2) is 6.07 Å². The van der Waals surface area contributed by atoms with Crippen molar-refractivity contribution in [3.63, 3.8) is 0 Å². The molecule has 0 fully saturated rings. The second-order valence-electron chi connectivity index (χ2n) is 2.63. The topological polar surface area (TPSA) is 45.9 Å². The van der Waals surface area contributed by atoms with E-state index in [1.165, 1.54) is 14.0 Å². The van der Waals surface area contributed by atoms with Crippen LogP contribution >= 0.6 is 0 Å². The first-order valence-electron chi connectivity index (χ1n) is 3.84. The molecule has 0 saturated carbocycles. The second kappa shape index (κ2) is 4.01. The minimum atomic E-state index is -2.67. The standard InChI is InChI=1S/C9H8F2N2O/c1-5-8(14-2)7(9(10)11)3-6(4-12)13-5/h3,9H,1-2H3. The van der Waals surface area contributed by atoms with Gasteiger partial charge in [-0.05, 0) is 13.0 Å². The Bertz CT molecular complexity index is 385. The highest BCUT2D eigenvalue weighted by molar-refractivity contribution is 5.42. The lowest BCUT2D eigenvalue weighted by Crippen LogP contribution is -1.99. The fraction of sp³-hybridized carbons (Fsp3) is 0.333. The largest absolute Gasteiger partial charge is 0.494 e. The van der Waals surface area contributed by atoms with Gasteiger partial charge in [-0.2, -0.15) is 5.26 Å². The molecule has 0 unspecified atom stereocenters. The van der Waals surface area contributed by atoms with E-state index in [0.717, 1.165) is 6.07 Å². The molecule has 14 heavy (non-hydrogen) atoms. The summed E-state index contributed by atoms with van der Waals surface area (Å²) in [6.07, 6.45) is -2.67. The number of nitrogens with zero attached hydrogens (tertiary/aromatic N) is 2. The molecule has 0 aliphatic carbocycles. The van der Waals surface area contributed by atoms with E-state index in [4.69, 9.17) is 10.00 Å². The normalized spacial score (nSPS) is 10.0. The summed E-state index contributed by atoms with van der Waals surface area (Å²) in [6.45, 7) is 1.52. The number of alkyl halides is 2. The number of halogens is 2. The lowest BCUT2D eigenvalue weighted by molar-refractivity contribution is 0.146. The molecule has 0 amide bonds. The van der Waals surface area contributed by atoms with Gasteiger partial charge in [-0.25, -0.2) is 13.8 Å². The number of pyridine rings is 1. The van der Waals surface area contributed by atoms with Crippen LogP contribution in [-0.4, -0.2) is 12.1 Å². The molecular formula is C9H8F2N2O. The number of rotatable bonds is 2. The molecule has 74 valence electrons. The molecule has 3 nitrogen and oxygen atoms in total. The van der Waals surface area contributed by atoms with Gasteiger partial charge in [0, 0.05) is 0 Å². The zero-order valence-corrected chi connectivity index (χ0v) is 7.71. The van der Waals surface area contributed by atoms with E-state index in [-0.39, 0.29) is 17.0 Å². The van der Waals surface area contributed by atoms with Crippen LogP contribution in [0.25, 0.3) is 0 Å². The minimum absolute atomic E-state index is 0.0291. The number of aryl methyl sites for hydroxylation is 1. The zero-order chi connectivity index (χ0) is 10.7. The molecule has 0 aromatic carbocycles. The van der Waals surface area contributed by atoms with E-state index < -0.39 is 6.43 Å². The smallest absolute Gasteiger partial charge is 0.267 e. The van der Waals surface area contributed by atoms with Crippen LogP contribution in [0, 0.1) is 18.3 Å². The van der Waals surface area contributed by atoms with Gasteiger partial charge in [0.05, 0.1) is 18.4 Å². The summed E-state index contributed by atoms with van der Waals surface area (Å²) in [4.78, 5) is 3.79. The maximum absolute atomic E-state index is 12.5. The van der Waals surface area contributed by atoms with E-state index in [1.54, 1.807) is 6.07 Å². The van der Waals surface area contributed by atoms with Crippen molar-refractivity contribution in [3.05, 3.63) is 23.0 Å². The van der Waals surface area contributed by atoms with Gasteiger partial charge in [-0.1, -0.05) is 0 Å². The van der Waals surface area contributed by atoms with Crippen molar-refractivity contribution in [1.29, 1.82) is 5.26 Å². The molecule has 1 heterocycles.